The van der Waals surface area contributed by atoms with Crippen molar-refractivity contribution in [3.05, 3.63) is 23.8 Å². The Balaban J connectivity index is 1.64. The van der Waals surface area contributed by atoms with E-state index in [0.717, 1.165) is 0 Å². The molecule has 2 saturated heterocycles. The largest absolute Gasteiger partial charge is 0.444 e. The molecule has 200 valence electrons. The molecule has 4 amide bonds. The number of ether oxygens (including phenoxy) is 2. The smallest absolute Gasteiger partial charge is 0.410 e. The number of benzene rings is 1. The van der Waals surface area contributed by atoms with Crippen molar-refractivity contribution < 1.29 is 28.7 Å². The summed E-state index contributed by atoms with van der Waals surface area (Å²) in [5.74, 6) is 5.35. The van der Waals surface area contributed by atoms with Crippen LogP contribution in [0.2, 0.25) is 0 Å². The molecule has 2 aliphatic heterocycles. The number of carbonyl (C=O) groups excluding carboxylic acids is 4. The molecular weight excluding hydrogens is 476 g/mol. The Bertz CT molecular complexity index is 1080. The molecule has 10 heteroatoms. The van der Waals surface area contributed by atoms with Crippen LogP contribution in [-0.2, 0) is 23.9 Å². The monoisotopic (exact) mass is 512 g/mol. The molecular formula is C27H36N4O6. The summed E-state index contributed by atoms with van der Waals surface area (Å²) < 4.78 is 11.4. The number of anilines is 2. The summed E-state index contributed by atoms with van der Waals surface area (Å²) in [4.78, 5) is 53.1. The average Bonchev–Trinajstić information content (AvgIpc) is 2.82. The van der Waals surface area contributed by atoms with Crippen LogP contribution < -0.4 is 15.1 Å². The zero-order valence-electron chi connectivity index (χ0n) is 22.2. The molecule has 3 rings (SSSR count). The molecule has 0 aromatic heterocycles. The van der Waals surface area contributed by atoms with Gasteiger partial charge in [0, 0.05) is 33.6 Å². The molecule has 1 atom stereocenters. The summed E-state index contributed by atoms with van der Waals surface area (Å²) in [6.07, 6.45) is 2.17. The molecule has 0 saturated carbocycles. The van der Waals surface area contributed by atoms with Crippen molar-refractivity contribution >= 4 is 35.7 Å². The Morgan fingerprint density at radius 3 is 2.49 bits per heavy atom. The fourth-order valence-corrected chi connectivity index (χ4v) is 4.38. The summed E-state index contributed by atoms with van der Waals surface area (Å²) in [7, 11) is 3.68. The minimum absolute atomic E-state index is 0.00530. The fourth-order valence-electron chi connectivity index (χ4n) is 4.38. The van der Waals surface area contributed by atoms with Crippen LogP contribution in [0.25, 0.3) is 0 Å². The minimum atomic E-state index is -0.771. The maximum atomic E-state index is 12.4. The maximum Gasteiger partial charge on any atom is 0.410 e. The zero-order chi connectivity index (χ0) is 27.2. The van der Waals surface area contributed by atoms with E-state index >= 15 is 0 Å². The second-order valence-electron chi connectivity index (χ2n) is 10.3. The first-order valence-corrected chi connectivity index (χ1v) is 12.5. The number of amides is 4. The number of para-hydroxylation sites is 1. The van der Waals surface area contributed by atoms with Crippen LogP contribution in [0.1, 0.15) is 52.0 Å². The van der Waals surface area contributed by atoms with Crippen LogP contribution in [0.4, 0.5) is 16.2 Å². The third kappa shape index (κ3) is 7.46. The minimum Gasteiger partial charge on any atom is -0.444 e. The molecule has 0 radical (unpaired) electrons. The molecule has 0 aliphatic carbocycles. The molecule has 1 aromatic rings. The summed E-state index contributed by atoms with van der Waals surface area (Å²) >= 11 is 0. The van der Waals surface area contributed by atoms with Crippen molar-refractivity contribution in [2.24, 2.45) is 0 Å². The second-order valence-corrected chi connectivity index (χ2v) is 10.3. The number of imide groups is 1. The average molecular weight is 513 g/mol. The van der Waals surface area contributed by atoms with Crippen molar-refractivity contribution in [2.75, 3.05) is 43.6 Å². The number of hydrogen-bond donors (Lipinski definition) is 1. The van der Waals surface area contributed by atoms with Crippen molar-refractivity contribution in [2.45, 2.75) is 64.2 Å². The van der Waals surface area contributed by atoms with Crippen LogP contribution in [-0.4, -0.2) is 80.8 Å². The van der Waals surface area contributed by atoms with E-state index in [1.807, 2.05) is 45.8 Å². The molecule has 1 N–H and O–H groups in total. The quantitative estimate of drug-likeness (QED) is 0.354. The summed E-state index contributed by atoms with van der Waals surface area (Å²) in [5.41, 5.74) is 1.40. The third-order valence-electron chi connectivity index (χ3n) is 6.11. The van der Waals surface area contributed by atoms with E-state index in [1.54, 1.807) is 17.0 Å². The van der Waals surface area contributed by atoms with E-state index in [2.05, 4.69) is 17.2 Å². The first kappa shape index (κ1) is 28.0. The lowest BCUT2D eigenvalue weighted by Gasteiger charge is -2.33. The first-order chi connectivity index (χ1) is 17.5. The van der Waals surface area contributed by atoms with Gasteiger partial charge in [0.05, 0.1) is 23.0 Å². The number of rotatable bonds is 6. The van der Waals surface area contributed by atoms with Gasteiger partial charge >= 0.3 is 6.09 Å². The predicted molar refractivity (Wildman–Crippen MR) is 139 cm³/mol. The molecule has 0 bridgehead atoms. The SMILES string of the molecule is CN(C)c1c(C#CCOC2CCN(C(=O)OC(C)(C)C)CC2)cccc1N(C=O)C1CCC(=O)NC1=O. The maximum absolute atomic E-state index is 12.4. The highest BCUT2D eigenvalue weighted by Crippen LogP contribution is 2.33. The normalized spacial score (nSPS) is 18.4. The van der Waals surface area contributed by atoms with Gasteiger partial charge in [0.15, 0.2) is 0 Å². The molecule has 10 nitrogen and oxygen atoms in total. The van der Waals surface area contributed by atoms with Crippen molar-refractivity contribution in [1.82, 2.24) is 10.2 Å². The van der Waals surface area contributed by atoms with E-state index in [9.17, 15) is 19.2 Å². The van der Waals surface area contributed by atoms with Crippen molar-refractivity contribution in [3.63, 3.8) is 0 Å². The van der Waals surface area contributed by atoms with Crippen LogP contribution in [0, 0.1) is 11.8 Å². The highest BCUT2D eigenvalue weighted by atomic mass is 16.6. The topological polar surface area (TPSA) is 108 Å². The zero-order valence-corrected chi connectivity index (χ0v) is 22.2. The van der Waals surface area contributed by atoms with E-state index < -0.39 is 17.6 Å². The van der Waals surface area contributed by atoms with Gasteiger partial charge in [0.2, 0.25) is 18.2 Å². The van der Waals surface area contributed by atoms with E-state index in [1.165, 1.54) is 4.90 Å². The van der Waals surface area contributed by atoms with E-state index in [0.29, 0.717) is 49.3 Å². The molecule has 2 aliphatic rings. The highest BCUT2D eigenvalue weighted by Gasteiger charge is 2.33. The Labute approximate surface area is 218 Å². The number of carbonyl (C=O) groups is 4. The van der Waals surface area contributed by atoms with Crippen LogP contribution in [0.3, 0.4) is 0 Å². The Hall–Kier alpha value is -3.58. The lowest BCUT2D eigenvalue weighted by Crippen LogP contribution is -2.52. The lowest BCUT2D eigenvalue weighted by molar-refractivity contribution is -0.134. The van der Waals surface area contributed by atoms with Gasteiger partial charge in [-0.3, -0.25) is 19.7 Å². The van der Waals surface area contributed by atoms with Gasteiger partial charge in [0.1, 0.15) is 18.2 Å². The molecule has 2 fully saturated rings. The Morgan fingerprint density at radius 2 is 1.89 bits per heavy atom. The third-order valence-corrected chi connectivity index (χ3v) is 6.11. The van der Waals surface area contributed by atoms with Crippen molar-refractivity contribution in [3.8, 4) is 11.8 Å². The Kier molecular flexibility index (Phi) is 9.16. The Morgan fingerprint density at radius 1 is 1.19 bits per heavy atom. The standard InChI is InChI=1S/C27H36N4O6/c1-27(2,3)37-26(35)30-15-13-20(14-16-30)36-17-7-9-19-8-6-10-21(24(19)29(4)5)31(18-32)22-11-12-23(33)28-25(22)34/h6,8,10,18,20,22H,11-17H2,1-5H3,(H,28,33,34). The van der Waals surface area contributed by atoms with Crippen molar-refractivity contribution in [1.29, 1.82) is 0 Å². The summed E-state index contributed by atoms with van der Waals surface area (Å²) in [5, 5.41) is 2.30. The van der Waals surface area contributed by atoms with Gasteiger partial charge in [-0.2, -0.15) is 0 Å². The molecule has 1 aromatic carbocycles. The lowest BCUT2D eigenvalue weighted by atomic mass is 10.0. The summed E-state index contributed by atoms with van der Waals surface area (Å²) in [6, 6.07) is 4.61. The second kappa shape index (κ2) is 12.1. The van der Waals surface area contributed by atoms with Crippen LogP contribution in [0.5, 0.6) is 0 Å². The van der Waals surface area contributed by atoms with E-state index in [4.69, 9.17) is 9.47 Å². The number of likely N-dealkylation sites (tertiary alicyclic amines) is 1. The number of nitrogens with zero attached hydrogens (tertiary/aromatic N) is 3. The molecule has 0 spiro atoms. The van der Waals surface area contributed by atoms with E-state index in [-0.39, 0.29) is 37.6 Å². The van der Waals surface area contributed by atoms with Gasteiger partial charge in [-0.1, -0.05) is 17.9 Å². The van der Waals surface area contributed by atoms with Gasteiger partial charge in [-0.15, -0.1) is 0 Å². The molecule has 2 heterocycles. The summed E-state index contributed by atoms with van der Waals surface area (Å²) in [6.45, 7) is 6.91. The first-order valence-electron chi connectivity index (χ1n) is 12.5. The van der Waals surface area contributed by atoms with Gasteiger partial charge in [-0.05, 0) is 52.2 Å². The van der Waals surface area contributed by atoms with Gasteiger partial charge in [0.25, 0.3) is 0 Å². The van der Waals surface area contributed by atoms with Crippen LogP contribution in [0.15, 0.2) is 18.2 Å². The molecule has 1 unspecified atom stereocenters. The number of hydrogen-bond acceptors (Lipinski definition) is 7. The number of piperidine rings is 2. The highest BCUT2D eigenvalue weighted by molar-refractivity contribution is 6.04. The van der Waals surface area contributed by atoms with Crippen LogP contribution >= 0.6 is 0 Å². The predicted octanol–water partition coefficient (Wildman–Crippen LogP) is 2.29. The van der Waals surface area contributed by atoms with Gasteiger partial charge in [-0.25, -0.2) is 4.79 Å². The molecule has 37 heavy (non-hydrogen) atoms. The number of nitrogens with one attached hydrogen (secondary N) is 1. The fraction of sp³-hybridized carbons (Fsp3) is 0.556. The van der Waals surface area contributed by atoms with Gasteiger partial charge < -0.3 is 24.2 Å².